The van der Waals surface area contributed by atoms with Gasteiger partial charge in [-0.3, -0.25) is 14.4 Å². The Bertz CT molecular complexity index is 1880. The minimum atomic E-state index is -0.590. The van der Waals surface area contributed by atoms with Gasteiger partial charge in [-0.2, -0.15) is 0 Å². The first-order valence-electron chi connectivity index (χ1n) is 14.6. The van der Waals surface area contributed by atoms with E-state index in [0.717, 1.165) is 27.1 Å². The van der Waals surface area contributed by atoms with Crippen molar-refractivity contribution < 1.29 is 14.4 Å². The summed E-state index contributed by atoms with van der Waals surface area (Å²) >= 11 is 7.66. The maximum atomic E-state index is 13.7. The van der Waals surface area contributed by atoms with Gasteiger partial charge in [0.15, 0.2) is 0 Å². The zero-order chi connectivity index (χ0) is 32.5. The first-order valence-corrected chi connectivity index (χ1v) is 15.9. The number of carbonyl (C=O) groups is 3. The van der Waals surface area contributed by atoms with Crippen LogP contribution in [0.3, 0.4) is 0 Å². The standard InChI is InChI=1S/C38H32ClN3O3S/c1-25-19-21-27(22-20-25)23-34(42-36(43)29-13-7-4-8-14-29)37(44)40-30-15-9-16-31(24-30)46-35(28-11-5-3-6-12-28)38(45)41-33-18-10-17-32(39)26(33)2/h3-24,35H,1-2H3,(H,40,44)(H,41,45)(H,42,43)/b34-23+. The number of carbonyl (C=O) groups excluding carboxylic acids is 3. The van der Waals surface area contributed by atoms with Gasteiger partial charge in [0.1, 0.15) is 10.9 Å². The van der Waals surface area contributed by atoms with E-state index in [-0.39, 0.29) is 11.6 Å². The number of aryl methyl sites for hydroxylation is 1. The van der Waals surface area contributed by atoms with E-state index in [2.05, 4.69) is 16.0 Å². The molecular weight excluding hydrogens is 614 g/mol. The second kappa shape index (κ2) is 15.3. The van der Waals surface area contributed by atoms with Crippen LogP contribution in [-0.4, -0.2) is 17.7 Å². The van der Waals surface area contributed by atoms with Gasteiger partial charge in [0.05, 0.1) is 0 Å². The molecule has 3 amide bonds. The van der Waals surface area contributed by atoms with Crippen molar-refractivity contribution in [2.75, 3.05) is 10.6 Å². The van der Waals surface area contributed by atoms with Crippen LogP contribution in [0.5, 0.6) is 0 Å². The molecule has 0 spiro atoms. The van der Waals surface area contributed by atoms with Gasteiger partial charge in [-0.25, -0.2) is 0 Å². The number of halogens is 1. The summed E-state index contributed by atoms with van der Waals surface area (Å²) in [6.45, 7) is 3.84. The summed E-state index contributed by atoms with van der Waals surface area (Å²) < 4.78 is 0. The van der Waals surface area contributed by atoms with Crippen LogP contribution in [0.15, 0.2) is 138 Å². The smallest absolute Gasteiger partial charge is 0.272 e. The van der Waals surface area contributed by atoms with E-state index < -0.39 is 17.1 Å². The first kappa shape index (κ1) is 32.3. The Morgan fingerprint density at radius 1 is 0.739 bits per heavy atom. The minimum Gasteiger partial charge on any atom is -0.325 e. The highest BCUT2D eigenvalue weighted by molar-refractivity contribution is 8.00. The molecule has 0 aromatic heterocycles. The molecule has 8 heteroatoms. The molecule has 5 aromatic rings. The number of amides is 3. The Labute approximate surface area is 277 Å². The highest BCUT2D eigenvalue weighted by Crippen LogP contribution is 2.38. The van der Waals surface area contributed by atoms with Crippen LogP contribution >= 0.6 is 23.4 Å². The molecule has 0 saturated carbocycles. The van der Waals surface area contributed by atoms with E-state index in [1.54, 1.807) is 54.6 Å². The average Bonchev–Trinajstić information content (AvgIpc) is 3.07. The Morgan fingerprint density at radius 2 is 1.41 bits per heavy atom. The Hall–Kier alpha value is -5.11. The molecule has 46 heavy (non-hydrogen) atoms. The van der Waals surface area contributed by atoms with Gasteiger partial charge in [-0.15, -0.1) is 11.8 Å². The summed E-state index contributed by atoms with van der Waals surface area (Å²) in [6.07, 6.45) is 1.64. The van der Waals surface area contributed by atoms with Gasteiger partial charge in [0.25, 0.3) is 11.8 Å². The van der Waals surface area contributed by atoms with Gasteiger partial charge in [-0.1, -0.05) is 102 Å². The molecule has 0 aliphatic carbocycles. The molecule has 1 atom stereocenters. The van der Waals surface area contributed by atoms with Gasteiger partial charge >= 0.3 is 0 Å². The van der Waals surface area contributed by atoms with Crippen LogP contribution in [0.4, 0.5) is 11.4 Å². The second-order valence-electron chi connectivity index (χ2n) is 10.6. The minimum absolute atomic E-state index is 0.0918. The van der Waals surface area contributed by atoms with Gasteiger partial charge in [-0.05, 0) is 79.1 Å². The van der Waals surface area contributed by atoms with E-state index in [1.165, 1.54) is 11.8 Å². The molecule has 1 unspecified atom stereocenters. The van der Waals surface area contributed by atoms with Crippen LogP contribution in [0.2, 0.25) is 5.02 Å². The van der Waals surface area contributed by atoms with Crippen LogP contribution in [0, 0.1) is 13.8 Å². The number of hydrogen-bond acceptors (Lipinski definition) is 4. The molecule has 0 fully saturated rings. The van der Waals surface area contributed by atoms with Crippen molar-refractivity contribution in [3.8, 4) is 0 Å². The van der Waals surface area contributed by atoms with E-state index >= 15 is 0 Å². The van der Waals surface area contributed by atoms with Gasteiger partial charge in [0.2, 0.25) is 5.91 Å². The molecule has 5 aromatic carbocycles. The van der Waals surface area contributed by atoms with Crippen LogP contribution < -0.4 is 16.0 Å². The molecule has 0 aliphatic heterocycles. The predicted octanol–water partition coefficient (Wildman–Crippen LogP) is 8.84. The third-order valence-corrected chi connectivity index (χ3v) is 8.79. The third kappa shape index (κ3) is 8.53. The fourth-order valence-corrected chi connectivity index (χ4v) is 5.85. The van der Waals surface area contributed by atoms with E-state index in [4.69, 9.17) is 11.6 Å². The zero-order valence-electron chi connectivity index (χ0n) is 25.3. The molecule has 0 radical (unpaired) electrons. The maximum Gasteiger partial charge on any atom is 0.272 e. The lowest BCUT2D eigenvalue weighted by Gasteiger charge is -2.19. The fraction of sp³-hybridized carbons (Fsp3) is 0.0789. The largest absolute Gasteiger partial charge is 0.325 e. The van der Waals surface area contributed by atoms with E-state index in [1.807, 2.05) is 92.7 Å². The van der Waals surface area contributed by atoms with Crippen molar-refractivity contribution in [3.05, 3.63) is 166 Å². The molecule has 0 aliphatic rings. The van der Waals surface area contributed by atoms with Crippen LogP contribution in [0.1, 0.15) is 37.9 Å². The number of anilines is 2. The summed E-state index contributed by atoms with van der Waals surface area (Å²) in [5.41, 5.74) is 5.13. The third-order valence-electron chi connectivity index (χ3n) is 7.13. The highest BCUT2D eigenvalue weighted by Gasteiger charge is 2.23. The summed E-state index contributed by atoms with van der Waals surface area (Å²) in [6, 6.07) is 38.5. The normalized spacial score (nSPS) is 11.8. The number of benzene rings is 5. The highest BCUT2D eigenvalue weighted by atomic mass is 35.5. The molecular formula is C38H32ClN3O3S. The molecule has 0 saturated heterocycles. The second-order valence-corrected chi connectivity index (χ2v) is 12.2. The monoisotopic (exact) mass is 645 g/mol. The SMILES string of the molecule is Cc1ccc(/C=C(/NC(=O)c2ccccc2)C(=O)Nc2cccc(SC(C(=O)Nc3cccc(Cl)c3C)c3ccccc3)c2)cc1. The lowest BCUT2D eigenvalue weighted by molar-refractivity contribution is -0.116. The van der Waals surface area contributed by atoms with Gasteiger partial charge in [0, 0.05) is 26.9 Å². The quantitative estimate of drug-likeness (QED) is 0.105. The van der Waals surface area contributed by atoms with E-state index in [9.17, 15) is 14.4 Å². The Balaban J connectivity index is 1.38. The summed E-state index contributed by atoms with van der Waals surface area (Å²) in [5.74, 6) is -1.09. The predicted molar refractivity (Wildman–Crippen MR) is 188 cm³/mol. The molecule has 5 rings (SSSR count). The van der Waals surface area contributed by atoms with E-state index in [0.29, 0.717) is 22.0 Å². The average molecular weight is 646 g/mol. The molecule has 3 N–H and O–H groups in total. The number of nitrogens with one attached hydrogen (secondary N) is 3. The molecule has 230 valence electrons. The van der Waals surface area contributed by atoms with Crippen LogP contribution in [-0.2, 0) is 9.59 Å². The molecule has 0 heterocycles. The number of rotatable bonds is 10. The van der Waals surface area contributed by atoms with Crippen molar-refractivity contribution in [2.24, 2.45) is 0 Å². The number of thioether (sulfide) groups is 1. The maximum absolute atomic E-state index is 13.7. The number of hydrogen-bond donors (Lipinski definition) is 3. The van der Waals surface area contributed by atoms with Crippen molar-refractivity contribution in [3.63, 3.8) is 0 Å². The van der Waals surface area contributed by atoms with Gasteiger partial charge < -0.3 is 16.0 Å². The Kier molecular flexibility index (Phi) is 10.7. The first-order chi connectivity index (χ1) is 22.3. The molecule has 0 bridgehead atoms. The lowest BCUT2D eigenvalue weighted by Crippen LogP contribution is -2.30. The molecule has 6 nitrogen and oxygen atoms in total. The summed E-state index contributed by atoms with van der Waals surface area (Å²) in [5, 5.41) is 8.70. The van der Waals surface area contributed by atoms with Crippen molar-refractivity contribution in [1.29, 1.82) is 0 Å². The van der Waals surface area contributed by atoms with Crippen molar-refractivity contribution in [1.82, 2.24) is 5.32 Å². The summed E-state index contributed by atoms with van der Waals surface area (Å²) in [4.78, 5) is 41.0. The zero-order valence-corrected chi connectivity index (χ0v) is 26.9. The van der Waals surface area contributed by atoms with Crippen molar-refractivity contribution in [2.45, 2.75) is 24.0 Å². The topological polar surface area (TPSA) is 87.3 Å². The van der Waals surface area contributed by atoms with Crippen LogP contribution in [0.25, 0.3) is 6.08 Å². The van der Waals surface area contributed by atoms with Crippen molar-refractivity contribution >= 4 is 58.5 Å². The summed E-state index contributed by atoms with van der Waals surface area (Å²) in [7, 11) is 0. The lowest BCUT2D eigenvalue weighted by atomic mass is 10.1. The Morgan fingerprint density at radius 3 is 2.13 bits per heavy atom. The fourth-order valence-electron chi connectivity index (χ4n) is 4.60.